The number of ether oxygens (including phenoxy) is 1. The Labute approximate surface area is 112 Å². The maximum Gasteiger partial charge on any atom is 0.237 e. The number of nitriles is 1. The molecule has 0 amide bonds. The molecule has 0 aliphatic carbocycles. The first-order valence-corrected chi connectivity index (χ1v) is 5.89. The predicted octanol–water partition coefficient (Wildman–Crippen LogP) is 3.96. The van der Waals surface area contributed by atoms with E-state index in [1.807, 2.05) is 6.07 Å². The van der Waals surface area contributed by atoms with Crippen LogP contribution in [-0.4, -0.2) is 4.98 Å². The first-order valence-electron chi connectivity index (χ1n) is 5.10. The van der Waals surface area contributed by atoms with Gasteiger partial charge in [-0.2, -0.15) is 5.26 Å². The van der Waals surface area contributed by atoms with Crippen LogP contribution in [0.3, 0.4) is 0 Å². The van der Waals surface area contributed by atoms with E-state index in [0.29, 0.717) is 15.8 Å². The van der Waals surface area contributed by atoms with Gasteiger partial charge in [0.2, 0.25) is 5.88 Å². The highest BCUT2D eigenvalue weighted by molar-refractivity contribution is 9.10. The van der Waals surface area contributed by atoms with Gasteiger partial charge in [0.15, 0.2) is 0 Å². The van der Waals surface area contributed by atoms with Gasteiger partial charge in [0.1, 0.15) is 23.2 Å². The van der Waals surface area contributed by atoms with Crippen molar-refractivity contribution >= 4 is 15.9 Å². The molecule has 0 atom stereocenters. The topological polar surface area (TPSA) is 45.9 Å². The Morgan fingerprint density at radius 3 is 2.83 bits per heavy atom. The van der Waals surface area contributed by atoms with E-state index in [1.54, 1.807) is 19.2 Å². The zero-order chi connectivity index (χ0) is 13.1. The van der Waals surface area contributed by atoms with Gasteiger partial charge in [0.25, 0.3) is 0 Å². The monoisotopic (exact) mass is 306 g/mol. The van der Waals surface area contributed by atoms with Crippen LogP contribution in [0.25, 0.3) is 0 Å². The number of rotatable bonds is 2. The first-order chi connectivity index (χ1) is 8.61. The van der Waals surface area contributed by atoms with Gasteiger partial charge in [-0.1, -0.05) is 0 Å². The minimum absolute atomic E-state index is 0.213. The molecule has 1 heterocycles. The molecule has 0 N–H and O–H groups in total. The molecule has 2 rings (SSSR count). The van der Waals surface area contributed by atoms with E-state index in [9.17, 15) is 4.39 Å². The molecule has 3 nitrogen and oxygen atoms in total. The fourth-order valence-corrected chi connectivity index (χ4v) is 1.84. The molecule has 0 saturated carbocycles. The lowest BCUT2D eigenvalue weighted by Gasteiger charge is -2.09. The molecule has 2 aromatic rings. The number of aromatic nitrogens is 1. The van der Waals surface area contributed by atoms with Gasteiger partial charge >= 0.3 is 0 Å². The summed E-state index contributed by atoms with van der Waals surface area (Å²) in [5.41, 5.74) is 1.15. The summed E-state index contributed by atoms with van der Waals surface area (Å²) in [5.74, 6) is 0.253. The van der Waals surface area contributed by atoms with Gasteiger partial charge in [-0.05, 0) is 52.7 Å². The summed E-state index contributed by atoms with van der Waals surface area (Å²) >= 11 is 3.19. The van der Waals surface area contributed by atoms with Crippen LogP contribution in [0.1, 0.15) is 11.1 Å². The van der Waals surface area contributed by atoms with Crippen LogP contribution < -0.4 is 4.74 Å². The van der Waals surface area contributed by atoms with Crippen LogP contribution in [0.5, 0.6) is 11.6 Å². The molecule has 1 aromatic heterocycles. The Bertz CT molecular complexity index is 637. The minimum atomic E-state index is -0.369. The first kappa shape index (κ1) is 12.5. The summed E-state index contributed by atoms with van der Waals surface area (Å²) in [5, 5.41) is 9.05. The quantitative estimate of drug-likeness (QED) is 0.843. The van der Waals surface area contributed by atoms with Gasteiger partial charge in [-0.3, -0.25) is 0 Å². The third-order valence-electron chi connectivity index (χ3n) is 2.34. The SMILES string of the molecule is Cc1ccnc(Oc2ccc(F)cc2Br)c1C#N. The molecule has 0 unspecified atom stereocenters. The lowest BCUT2D eigenvalue weighted by Crippen LogP contribution is -1.95. The minimum Gasteiger partial charge on any atom is -0.436 e. The van der Waals surface area contributed by atoms with Crippen molar-refractivity contribution in [1.29, 1.82) is 5.26 Å². The highest BCUT2D eigenvalue weighted by Gasteiger charge is 2.11. The van der Waals surface area contributed by atoms with Gasteiger partial charge in [-0.15, -0.1) is 0 Å². The lowest BCUT2D eigenvalue weighted by atomic mass is 10.2. The molecule has 0 aliphatic rings. The summed E-state index contributed by atoms with van der Waals surface area (Å²) < 4.78 is 18.9. The number of halogens is 2. The van der Waals surface area contributed by atoms with Gasteiger partial charge < -0.3 is 4.74 Å². The summed E-state index contributed by atoms with van der Waals surface area (Å²) in [6.07, 6.45) is 1.56. The molecule has 18 heavy (non-hydrogen) atoms. The average Bonchev–Trinajstić information content (AvgIpc) is 2.33. The average molecular weight is 307 g/mol. The summed E-state index contributed by atoms with van der Waals surface area (Å²) in [6, 6.07) is 7.81. The molecule has 0 radical (unpaired) electrons. The van der Waals surface area contributed by atoms with Crippen molar-refractivity contribution in [2.75, 3.05) is 0 Å². The van der Waals surface area contributed by atoms with Crippen LogP contribution in [0.4, 0.5) is 4.39 Å². The van der Waals surface area contributed by atoms with Gasteiger partial charge in [-0.25, -0.2) is 9.37 Å². The second-order valence-corrected chi connectivity index (χ2v) is 4.45. The number of benzene rings is 1. The molecule has 90 valence electrons. The second kappa shape index (κ2) is 5.15. The van der Waals surface area contributed by atoms with Crippen LogP contribution in [0.2, 0.25) is 0 Å². The largest absolute Gasteiger partial charge is 0.436 e. The third-order valence-corrected chi connectivity index (χ3v) is 2.96. The van der Waals surface area contributed by atoms with E-state index < -0.39 is 0 Å². The standard InChI is InChI=1S/C13H8BrFN2O/c1-8-4-5-17-13(10(8)7-16)18-12-3-2-9(15)6-11(12)14/h2-6H,1H3. The molecule has 0 bridgehead atoms. The Hall–Kier alpha value is -1.93. The zero-order valence-corrected chi connectivity index (χ0v) is 11.0. The normalized spacial score (nSPS) is 9.89. The highest BCUT2D eigenvalue weighted by Crippen LogP contribution is 2.31. The highest BCUT2D eigenvalue weighted by atomic mass is 79.9. The third kappa shape index (κ3) is 2.49. The van der Waals surface area contributed by atoms with Crippen molar-refractivity contribution in [2.24, 2.45) is 0 Å². The van der Waals surface area contributed by atoms with Gasteiger partial charge in [0, 0.05) is 6.20 Å². The Balaban J connectivity index is 2.41. The molecule has 0 saturated heterocycles. The summed E-state index contributed by atoms with van der Waals surface area (Å²) in [6.45, 7) is 1.80. The fraction of sp³-hybridized carbons (Fsp3) is 0.0769. The summed E-state index contributed by atoms with van der Waals surface area (Å²) in [7, 11) is 0. The Morgan fingerprint density at radius 1 is 1.39 bits per heavy atom. The lowest BCUT2D eigenvalue weighted by molar-refractivity contribution is 0.456. The smallest absolute Gasteiger partial charge is 0.237 e. The fourth-order valence-electron chi connectivity index (χ4n) is 1.41. The van der Waals surface area contributed by atoms with Gasteiger partial charge in [0.05, 0.1) is 4.47 Å². The molecule has 0 fully saturated rings. The van der Waals surface area contributed by atoms with Crippen molar-refractivity contribution in [2.45, 2.75) is 6.92 Å². The maximum atomic E-state index is 12.9. The number of aryl methyl sites for hydroxylation is 1. The van der Waals surface area contributed by atoms with E-state index in [1.165, 1.54) is 18.2 Å². The van der Waals surface area contributed by atoms with E-state index >= 15 is 0 Å². The van der Waals surface area contributed by atoms with Crippen LogP contribution >= 0.6 is 15.9 Å². The number of pyridine rings is 1. The Morgan fingerprint density at radius 2 is 2.17 bits per heavy atom. The molecule has 1 aromatic carbocycles. The van der Waals surface area contributed by atoms with Crippen molar-refractivity contribution in [3.8, 4) is 17.7 Å². The van der Waals surface area contributed by atoms with Crippen molar-refractivity contribution in [3.05, 3.63) is 51.9 Å². The van der Waals surface area contributed by atoms with E-state index in [4.69, 9.17) is 10.00 Å². The number of hydrogen-bond donors (Lipinski definition) is 0. The van der Waals surface area contributed by atoms with Crippen molar-refractivity contribution < 1.29 is 9.13 Å². The second-order valence-electron chi connectivity index (χ2n) is 3.60. The number of nitrogens with zero attached hydrogens (tertiary/aromatic N) is 2. The molecular weight excluding hydrogens is 299 g/mol. The van der Waals surface area contributed by atoms with Crippen molar-refractivity contribution in [3.63, 3.8) is 0 Å². The number of hydrogen-bond acceptors (Lipinski definition) is 3. The predicted molar refractivity (Wildman–Crippen MR) is 67.9 cm³/mol. The molecule has 0 spiro atoms. The zero-order valence-electron chi connectivity index (χ0n) is 9.45. The van der Waals surface area contributed by atoms with Crippen LogP contribution in [-0.2, 0) is 0 Å². The Kier molecular flexibility index (Phi) is 3.58. The molecular formula is C13H8BrFN2O. The summed E-state index contributed by atoms with van der Waals surface area (Å²) in [4.78, 5) is 4.01. The molecule has 0 aliphatic heterocycles. The maximum absolute atomic E-state index is 12.9. The van der Waals surface area contributed by atoms with Crippen molar-refractivity contribution in [1.82, 2.24) is 4.98 Å². The van der Waals surface area contributed by atoms with Crippen LogP contribution in [0.15, 0.2) is 34.9 Å². The molecule has 5 heteroatoms. The van der Waals surface area contributed by atoms with E-state index in [2.05, 4.69) is 20.9 Å². The van der Waals surface area contributed by atoms with E-state index in [0.717, 1.165) is 5.56 Å². The van der Waals surface area contributed by atoms with E-state index in [-0.39, 0.29) is 11.7 Å². The van der Waals surface area contributed by atoms with Crippen LogP contribution in [0, 0.1) is 24.1 Å².